The van der Waals surface area contributed by atoms with Crippen molar-refractivity contribution in [1.29, 1.82) is 0 Å². The van der Waals surface area contributed by atoms with Crippen molar-refractivity contribution in [1.82, 2.24) is 0 Å². The molecule has 1 rings (SSSR count). The Balaban J connectivity index is 2.95. The number of thioether (sulfide) groups is 1. The van der Waals surface area contributed by atoms with Crippen molar-refractivity contribution in [3.05, 3.63) is 29.8 Å². The molecule has 0 spiro atoms. The minimum Gasteiger partial charge on any atom is -0.349 e. The third-order valence-corrected chi connectivity index (χ3v) is 3.14. The van der Waals surface area contributed by atoms with E-state index in [0.29, 0.717) is 0 Å². The fraction of sp³-hybridized carbons (Fsp3) is 0.455. The van der Waals surface area contributed by atoms with Gasteiger partial charge in [0.15, 0.2) is 5.79 Å². The Bertz CT molecular complexity index is 278. The molecule has 2 nitrogen and oxygen atoms in total. The highest BCUT2D eigenvalue weighted by Crippen LogP contribution is 2.26. The lowest BCUT2D eigenvalue weighted by atomic mass is 10.1. The van der Waals surface area contributed by atoms with Crippen LogP contribution in [0.25, 0.3) is 0 Å². The van der Waals surface area contributed by atoms with Crippen molar-refractivity contribution in [2.24, 2.45) is 0 Å². The Morgan fingerprint density at radius 3 is 1.93 bits per heavy atom. The summed E-state index contributed by atoms with van der Waals surface area (Å²) in [7, 11) is 3.29. The van der Waals surface area contributed by atoms with Gasteiger partial charge in [0.25, 0.3) is 0 Å². The highest BCUT2D eigenvalue weighted by atomic mass is 32.2. The zero-order valence-corrected chi connectivity index (χ0v) is 9.85. The van der Waals surface area contributed by atoms with Gasteiger partial charge in [-0.2, -0.15) is 0 Å². The van der Waals surface area contributed by atoms with E-state index in [1.165, 1.54) is 4.90 Å². The van der Waals surface area contributed by atoms with Crippen molar-refractivity contribution in [3.63, 3.8) is 0 Å². The smallest absolute Gasteiger partial charge is 0.191 e. The molecule has 1 aromatic carbocycles. The second-order valence-electron chi connectivity index (χ2n) is 3.08. The molecule has 78 valence electrons. The lowest BCUT2D eigenvalue weighted by Crippen LogP contribution is -2.26. The molecule has 0 aromatic heterocycles. The standard InChI is InChI=1S/C11H16O2S/c1-11(12-2,13-3)9-5-7-10(14-4)8-6-9/h5-8H,1-4H3. The summed E-state index contributed by atoms with van der Waals surface area (Å²) in [6.07, 6.45) is 2.06. The summed E-state index contributed by atoms with van der Waals surface area (Å²) in [6.45, 7) is 1.90. The number of methoxy groups -OCH3 is 2. The monoisotopic (exact) mass is 212 g/mol. The lowest BCUT2D eigenvalue weighted by molar-refractivity contribution is -0.201. The van der Waals surface area contributed by atoms with Gasteiger partial charge in [-0.1, -0.05) is 12.1 Å². The van der Waals surface area contributed by atoms with Gasteiger partial charge in [0.05, 0.1) is 0 Å². The topological polar surface area (TPSA) is 18.5 Å². The highest BCUT2D eigenvalue weighted by Gasteiger charge is 2.24. The molecule has 0 fully saturated rings. The molecule has 0 radical (unpaired) electrons. The Morgan fingerprint density at radius 2 is 1.57 bits per heavy atom. The van der Waals surface area contributed by atoms with Gasteiger partial charge in [-0.05, 0) is 25.3 Å². The van der Waals surface area contributed by atoms with Crippen LogP contribution in [0, 0.1) is 0 Å². The summed E-state index contributed by atoms with van der Waals surface area (Å²) >= 11 is 1.72. The van der Waals surface area contributed by atoms with Gasteiger partial charge < -0.3 is 9.47 Å². The molecule has 0 saturated heterocycles. The summed E-state index contributed by atoms with van der Waals surface area (Å²) < 4.78 is 10.6. The van der Waals surface area contributed by atoms with Crippen molar-refractivity contribution in [3.8, 4) is 0 Å². The van der Waals surface area contributed by atoms with E-state index in [2.05, 4.69) is 18.4 Å². The quantitative estimate of drug-likeness (QED) is 0.565. The summed E-state index contributed by atoms with van der Waals surface area (Å²) in [5.74, 6) is -0.642. The van der Waals surface area contributed by atoms with Crippen LogP contribution < -0.4 is 0 Å². The molecule has 0 amide bonds. The molecule has 0 unspecified atom stereocenters. The molecular formula is C11H16O2S. The zero-order valence-electron chi connectivity index (χ0n) is 9.03. The van der Waals surface area contributed by atoms with E-state index in [0.717, 1.165) is 5.56 Å². The number of ether oxygens (including phenoxy) is 2. The first-order valence-electron chi connectivity index (χ1n) is 4.41. The normalized spacial score (nSPS) is 11.7. The Labute approximate surface area is 89.6 Å². The van der Waals surface area contributed by atoms with Crippen LogP contribution in [0.3, 0.4) is 0 Å². The van der Waals surface area contributed by atoms with E-state index in [4.69, 9.17) is 9.47 Å². The number of hydrogen-bond acceptors (Lipinski definition) is 3. The van der Waals surface area contributed by atoms with Crippen LogP contribution in [-0.2, 0) is 15.3 Å². The largest absolute Gasteiger partial charge is 0.349 e. The second kappa shape index (κ2) is 4.82. The fourth-order valence-corrected chi connectivity index (χ4v) is 1.62. The predicted molar refractivity (Wildman–Crippen MR) is 59.6 cm³/mol. The third kappa shape index (κ3) is 2.29. The van der Waals surface area contributed by atoms with Crippen LogP contribution in [0.15, 0.2) is 29.2 Å². The average Bonchev–Trinajstić information content (AvgIpc) is 2.28. The van der Waals surface area contributed by atoms with Gasteiger partial charge in [-0.15, -0.1) is 11.8 Å². The maximum absolute atomic E-state index is 5.32. The van der Waals surface area contributed by atoms with E-state index in [1.54, 1.807) is 26.0 Å². The summed E-state index contributed by atoms with van der Waals surface area (Å²) in [6, 6.07) is 8.18. The molecule has 0 bridgehead atoms. The Morgan fingerprint density at radius 1 is 1.07 bits per heavy atom. The molecule has 1 aromatic rings. The van der Waals surface area contributed by atoms with Crippen LogP contribution in [0.4, 0.5) is 0 Å². The SMILES string of the molecule is COC(C)(OC)c1ccc(SC)cc1. The molecular weight excluding hydrogens is 196 g/mol. The first-order valence-corrected chi connectivity index (χ1v) is 5.63. The predicted octanol–water partition coefficient (Wildman–Crippen LogP) is 2.87. The van der Waals surface area contributed by atoms with Crippen LogP contribution in [0.2, 0.25) is 0 Å². The molecule has 14 heavy (non-hydrogen) atoms. The number of rotatable bonds is 4. The molecule has 0 aliphatic rings. The van der Waals surface area contributed by atoms with Crippen LogP contribution in [0.1, 0.15) is 12.5 Å². The van der Waals surface area contributed by atoms with E-state index in [-0.39, 0.29) is 0 Å². The summed E-state index contributed by atoms with van der Waals surface area (Å²) in [4.78, 5) is 1.24. The lowest BCUT2D eigenvalue weighted by Gasteiger charge is -2.26. The molecule has 0 aliphatic heterocycles. The minimum absolute atomic E-state index is 0.642. The van der Waals surface area contributed by atoms with Crippen molar-refractivity contribution >= 4 is 11.8 Å². The van der Waals surface area contributed by atoms with Crippen LogP contribution in [-0.4, -0.2) is 20.5 Å². The molecule has 0 aliphatic carbocycles. The van der Waals surface area contributed by atoms with Gasteiger partial charge in [0.2, 0.25) is 0 Å². The number of benzene rings is 1. The summed E-state index contributed by atoms with van der Waals surface area (Å²) in [5, 5.41) is 0. The van der Waals surface area contributed by atoms with Gasteiger partial charge in [0, 0.05) is 24.7 Å². The third-order valence-electron chi connectivity index (χ3n) is 2.39. The molecule has 3 heteroatoms. The zero-order chi connectivity index (χ0) is 10.6. The van der Waals surface area contributed by atoms with Gasteiger partial charge >= 0.3 is 0 Å². The maximum atomic E-state index is 5.32. The van der Waals surface area contributed by atoms with E-state index in [1.807, 2.05) is 19.1 Å². The van der Waals surface area contributed by atoms with E-state index < -0.39 is 5.79 Å². The molecule has 0 atom stereocenters. The van der Waals surface area contributed by atoms with E-state index >= 15 is 0 Å². The Hall–Kier alpha value is -0.510. The number of hydrogen-bond donors (Lipinski definition) is 0. The Kier molecular flexibility index (Phi) is 3.98. The molecule has 0 heterocycles. The van der Waals surface area contributed by atoms with Gasteiger partial charge in [-0.3, -0.25) is 0 Å². The van der Waals surface area contributed by atoms with Crippen molar-refractivity contribution in [2.75, 3.05) is 20.5 Å². The minimum atomic E-state index is -0.642. The fourth-order valence-electron chi connectivity index (χ4n) is 1.21. The first-order chi connectivity index (χ1) is 6.66. The van der Waals surface area contributed by atoms with Crippen molar-refractivity contribution < 1.29 is 9.47 Å². The van der Waals surface area contributed by atoms with Crippen LogP contribution in [0.5, 0.6) is 0 Å². The van der Waals surface area contributed by atoms with Gasteiger partial charge in [0.1, 0.15) is 0 Å². The molecule has 0 N–H and O–H groups in total. The highest BCUT2D eigenvalue weighted by molar-refractivity contribution is 7.98. The van der Waals surface area contributed by atoms with Crippen molar-refractivity contribution in [2.45, 2.75) is 17.6 Å². The molecule has 0 saturated carbocycles. The summed E-state index contributed by atoms with van der Waals surface area (Å²) in [5.41, 5.74) is 1.03. The van der Waals surface area contributed by atoms with Gasteiger partial charge in [-0.25, -0.2) is 0 Å². The maximum Gasteiger partial charge on any atom is 0.191 e. The second-order valence-corrected chi connectivity index (χ2v) is 3.96. The first kappa shape index (κ1) is 11.6. The average molecular weight is 212 g/mol. The van der Waals surface area contributed by atoms with Crippen LogP contribution >= 0.6 is 11.8 Å². The van der Waals surface area contributed by atoms with E-state index in [9.17, 15) is 0 Å².